The minimum Gasteiger partial charge on any atom is -0.493 e. The highest BCUT2D eigenvalue weighted by molar-refractivity contribution is 6.02. The molecule has 0 spiro atoms. The molecule has 5 rings (SSSR count). The Kier molecular flexibility index (Phi) is 5.29. The van der Waals surface area contributed by atoms with Gasteiger partial charge in [-0.15, -0.1) is 0 Å². The lowest BCUT2D eigenvalue weighted by molar-refractivity contribution is 0.0919. The first-order valence-corrected chi connectivity index (χ1v) is 10.4. The first kappa shape index (κ1) is 19.8. The molecule has 0 atom stereocenters. The van der Waals surface area contributed by atoms with Crippen LogP contribution in [0.4, 0.5) is 0 Å². The normalized spacial score (nSPS) is 13.0. The number of nitrogens with one attached hydrogen (secondary N) is 2. The maximum Gasteiger partial charge on any atom is 0.200 e. The van der Waals surface area contributed by atoms with Crippen molar-refractivity contribution in [2.45, 2.75) is 0 Å². The zero-order valence-electron chi connectivity index (χ0n) is 17.6. The molecule has 0 fully saturated rings. The number of carbonyl (C=O) groups is 1. The second kappa shape index (κ2) is 8.55. The SMILES string of the molecule is COc1cc(-c2nc3ccc(C4=NCCN4)cc3[nH]2)ccc1OCC(=O)c1ccccc1. The molecule has 4 aromatic rings. The number of ketones is 1. The molecule has 2 heterocycles. The van der Waals surface area contributed by atoms with E-state index in [0.29, 0.717) is 17.1 Å². The largest absolute Gasteiger partial charge is 0.493 e. The molecule has 0 saturated carbocycles. The van der Waals surface area contributed by atoms with Crippen molar-refractivity contribution in [1.29, 1.82) is 0 Å². The van der Waals surface area contributed by atoms with Gasteiger partial charge in [0.25, 0.3) is 0 Å². The number of amidine groups is 1. The highest BCUT2D eigenvalue weighted by Gasteiger charge is 2.14. The molecule has 0 saturated heterocycles. The van der Waals surface area contributed by atoms with Crippen LogP contribution in [0.15, 0.2) is 71.7 Å². The Morgan fingerprint density at radius 2 is 1.84 bits per heavy atom. The predicted molar refractivity (Wildman–Crippen MR) is 124 cm³/mol. The van der Waals surface area contributed by atoms with Crippen LogP contribution >= 0.6 is 0 Å². The Morgan fingerprint density at radius 3 is 2.62 bits per heavy atom. The van der Waals surface area contributed by atoms with Crippen molar-refractivity contribution in [2.24, 2.45) is 4.99 Å². The number of methoxy groups -OCH3 is 1. The summed E-state index contributed by atoms with van der Waals surface area (Å²) in [7, 11) is 1.57. The summed E-state index contributed by atoms with van der Waals surface area (Å²) in [5, 5.41) is 3.29. The highest BCUT2D eigenvalue weighted by Crippen LogP contribution is 2.32. The molecule has 0 unspecified atom stereocenters. The van der Waals surface area contributed by atoms with Gasteiger partial charge in [-0.05, 0) is 36.4 Å². The van der Waals surface area contributed by atoms with Gasteiger partial charge >= 0.3 is 0 Å². The van der Waals surface area contributed by atoms with E-state index < -0.39 is 0 Å². The van der Waals surface area contributed by atoms with E-state index in [2.05, 4.69) is 15.3 Å². The molecule has 0 amide bonds. The van der Waals surface area contributed by atoms with E-state index in [1.807, 2.05) is 48.5 Å². The van der Waals surface area contributed by atoms with Crippen LogP contribution in [0.1, 0.15) is 15.9 Å². The van der Waals surface area contributed by atoms with Gasteiger partial charge in [-0.2, -0.15) is 0 Å². The fourth-order valence-electron chi connectivity index (χ4n) is 3.67. The van der Waals surface area contributed by atoms with E-state index in [1.54, 1.807) is 25.3 Å². The van der Waals surface area contributed by atoms with E-state index in [1.165, 1.54) is 0 Å². The molecule has 1 aliphatic heterocycles. The number of hydrogen-bond donors (Lipinski definition) is 2. The fraction of sp³-hybridized carbons (Fsp3) is 0.160. The summed E-state index contributed by atoms with van der Waals surface area (Å²) in [5.74, 6) is 2.59. The lowest BCUT2D eigenvalue weighted by atomic mass is 10.1. The third-order valence-electron chi connectivity index (χ3n) is 5.32. The molecule has 7 heteroatoms. The molecule has 0 bridgehead atoms. The third-order valence-corrected chi connectivity index (χ3v) is 5.32. The van der Waals surface area contributed by atoms with Crippen LogP contribution in [0.2, 0.25) is 0 Å². The standard InChI is InChI=1S/C25H22N4O3/c1-31-23-14-18(8-10-22(23)32-15-21(30)16-5-3-2-4-6-16)25-28-19-9-7-17(13-20(19)29-25)24-26-11-12-27-24/h2-10,13-14H,11-12,15H2,1H3,(H,26,27)(H,28,29). The van der Waals surface area contributed by atoms with Crippen LogP contribution in [0.5, 0.6) is 11.5 Å². The van der Waals surface area contributed by atoms with Gasteiger partial charge in [0.05, 0.1) is 24.7 Å². The Balaban J connectivity index is 1.37. The molecular formula is C25H22N4O3. The Labute approximate surface area is 185 Å². The maximum absolute atomic E-state index is 12.3. The quantitative estimate of drug-likeness (QED) is 0.438. The minimum absolute atomic E-state index is 0.0644. The Bertz CT molecular complexity index is 1310. The molecule has 0 aliphatic carbocycles. The molecule has 7 nitrogen and oxygen atoms in total. The van der Waals surface area contributed by atoms with Gasteiger partial charge in [0.1, 0.15) is 11.7 Å². The maximum atomic E-state index is 12.3. The second-order valence-corrected chi connectivity index (χ2v) is 7.42. The van der Waals surface area contributed by atoms with Crippen LogP contribution in [-0.4, -0.2) is 48.4 Å². The van der Waals surface area contributed by atoms with Crippen molar-refractivity contribution in [3.63, 3.8) is 0 Å². The monoisotopic (exact) mass is 426 g/mol. The van der Waals surface area contributed by atoms with E-state index in [0.717, 1.165) is 46.9 Å². The average Bonchev–Trinajstić information content (AvgIpc) is 3.52. The first-order valence-electron chi connectivity index (χ1n) is 10.4. The van der Waals surface area contributed by atoms with E-state index in [-0.39, 0.29) is 12.4 Å². The summed E-state index contributed by atoms with van der Waals surface area (Å²) in [6.07, 6.45) is 0. The summed E-state index contributed by atoms with van der Waals surface area (Å²) < 4.78 is 11.2. The van der Waals surface area contributed by atoms with E-state index >= 15 is 0 Å². The number of benzene rings is 3. The summed E-state index contributed by atoms with van der Waals surface area (Å²) >= 11 is 0. The molecule has 2 N–H and O–H groups in total. The number of carbonyl (C=O) groups excluding carboxylic acids is 1. The predicted octanol–water partition coefficient (Wildman–Crippen LogP) is 3.85. The molecule has 0 radical (unpaired) electrons. The Hall–Kier alpha value is -4.13. The molecule has 3 aromatic carbocycles. The van der Waals surface area contributed by atoms with Crippen molar-refractivity contribution in [3.05, 3.63) is 77.9 Å². The summed E-state index contributed by atoms with van der Waals surface area (Å²) in [4.78, 5) is 24.9. The average molecular weight is 426 g/mol. The number of nitrogens with zero attached hydrogens (tertiary/aromatic N) is 2. The number of Topliss-reactive ketones (excluding diaryl/α,β-unsaturated/α-hetero) is 1. The van der Waals surface area contributed by atoms with Gasteiger partial charge in [-0.25, -0.2) is 4.98 Å². The third kappa shape index (κ3) is 3.92. The minimum atomic E-state index is -0.0915. The van der Waals surface area contributed by atoms with Crippen LogP contribution in [0, 0.1) is 0 Å². The van der Waals surface area contributed by atoms with Crippen molar-refractivity contribution in [1.82, 2.24) is 15.3 Å². The number of hydrogen-bond acceptors (Lipinski definition) is 6. The summed E-state index contributed by atoms with van der Waals surface area (Å²) in [6, 6.07) is 20.7. The van der Waals surface area contributed by atoms with Crippen LogP contribution in [0.3, 0.4) is 0 Å². The smallest absolute Gasteiger partial charge is 0.200 e. The molecule has 1 aromatic heterocycles. The van der Waals surface area contributed by atoms with Gasteiger partial charge in [0.15, 0.2) is 23.9 Å². The van der Waals surface area contributed by atoms with Crippen molar-refractivity contribution in [2.75, 3.05) is 26.8 Å². The number of aromatic amines is 1. The first-order chi connectivity index (χ1) is 15.7. The lowest BCUT2D eigenvalue weighted by Gasteiger charge is -2.11. The summed E-state index contributed by atoms with van der Waals surface area (Å²) in [6.45, 7) is 1.60. The molecule has 32 heavy (non-hydrogen) atoms. The number of aliphatic imine (C=N–C) groups is 1. The molecule has 1 aliphatic rings. The van der Waals surface area contributed by atoms with Crippen LogP contribution < -0.4 is 14.8 Å². The number of ether oxygens (including phenoxy) is 2. The molecular weight excluding hydrogens is 404 g/mol. The molecule has 160 valence electrons. The topological polar surface area (TPSA) is 88.6 Å². The van der Waals surface area contributed by atoms with Crippen molar-refractivity contribution >= 4 is 22.7 Å². The van der Waals surface area contributed by atoms with E-state index in [4.69, 9.17) is 14.5 Å². The zero-order valence-corrected chi connectivity index (χ0v) is 17.6. The van der Waals surface area contributed by atoms with Crippen molar-refractivity contribution < 1.29 is 14.3 Å². The zero-order chi connectivity index (χ0) is 21.9. The van der Waals surface area contributed by atoms with Crippen LogP contribution in [-0.2, 0) is 0 Å². The van der Waals surface area contributed by atoms with Gasteiger partial charge in [0.2, 0.25) is 0 Å². The summed E-state index contributed by atoms with van der Waals surface area (Å²) in [5.41, 5.74) is 4.31. The Morgan fingerprint density at radius 1 is 1.00 bits per heavy atom. The number of fused-ring (bicyclic) bond motifs is 1. The second-order valence-electron chi connectivity index (χ2n) is 7.42. The van der Waals surface area contributed by atoms with Crippen molar-refractivity contribution in [3.8, 4) is 22.9 Å². The van der Waals surface area contributed by atoms with Gasteiger partial charge < -0.3 is 19.8 Å². The van der Waals surface area contributed by atoms with Crippen LogP contribution in [0.25, 0.3) is 22.4 Å². The number of H-pyrrole nitrogens is 1. The number of aromatic nitrogens is 2. The highest BCUT2D eigenvalue weighted by atomic mass is 16.5. The van der Waals surface area contributed by atoms with E-state index in [9.17, 15) is 4.79 Å². The lowest BCUT2D eigenvalue weighted by Crippen LogP contribution is -2.19. The number of rotatable bonds is 7. The fourth-order valence-corrected chi connectivity index (χ4v) is 3.67. The van der Waals surface area contributed by atoms with Gasteiger partial charge in [-0.1, -0.05) is 30.3 Å². The number of imidazole rings is 1. The van der Waals surface area contributed by atoms with Gasteiger partial charge in [-0.3, -0.25) is 9.79 Å². The van der Waals surface area contributed by atoms with Gasteiger partial charge in [0, 0.05) is 23.2 Å².